The molecule has 0 saturated carbocycles. The van der Waals surface area contributed by atoms with E-state index in [1.807, 2.05) is 25.1 Å². The summed E-state index contributed by atoms with van der Waals surface area (Å²) < 4.78 is 1.58. The van der Waals surface area contributed by atoms with E-state index in [1.54, 1.807) is 42.2 Å². The van der Waals surface area contributed by atoms with E-state index < -0.39 is 0 Å². The van der Waals surface area contributed by atoms with Crippen LogP contribution in [0.2, 0.25) is 5.15 Å². The Morgan fingerprint density at radius 1 is 1.10 bits per heavy atom. The summed E-state index contributed by atoms with van der Waals surface area (Å²) in [6, 6.07) is 12.4. The zero-order valence-electron chi connectivity index (χ0n) is 16.8. The summed E-state index contributed by atoms with van der Waals surface area (Å²) in [6.07, 6.45) is 4.89. The van der Waals surface area contributed by atoms with E-state index in [0.717, 1.165) is 16.6 Å². The first-order chi connectivity index (χ1) is 15.0. The van der Waals surface area contributed by atoms with Crippen molar-refractivity contribution in [3.8, 4) is 6.07 Å². The molecule has 1 atom stereocenters. The summed E-state index contributed by atoms with van der Waals surface area (Å²) in [5, 5.41) is 16.9. The lowest BCUT2D eigenvalue weighted by molar-refractivity contribution is 0.788. The average molecular weight is 432 g/mol. The molecule has 0 aliphatic heterocycles. The first-order valence-corrected chi connectivity index (χ1v) is 9.84. The number of fused-ring (bicyclic) bond motifs is 1. The van der Waals surface area contributed by atoms with E-state index >= 15 is 0 Å². The van der Waals surface area contributed by atoms with Gasteiger partial charge in [0, 0.05) is 48.5 Å². The van der Waals surface area contributed by atoms with Gasteiger partial charge in [-0.3, -0.25) is 4.79 Å². The smallest absolute Gasteiger partial charge is 0.252 e. The monoisotopic (exact) mass is 431 g/mol. The molecule has 3 heterocycles. The predicted octanol–water partition coefficient (Wildman–Crippen LogP) is 4.17. The molecule has 0 spiro atoms. The highest BCUT2D eigenvalue weighted by Crippen LogP contribution is 2.30. The van der Waals surface area contributed by atoms with Crippen molar-refractivity contribution in [3.63, 3.8) is 0 Å². The summed E-state index contributed by atoms with van der Waals surface area (Å²) in [5.41, 5.74) is 2.83. The van der Waals surface area contributed by atoms with E-state index in [4.69, 9.17) is 11.6 Å². The van der Waals surface area contributed by atoms with Crippen molar-refractivity contribution in [3.05, 3.63) is 81.9 Å². The number of hydrogen-bond acceptors (Lipinski definition) is 7. The van der Waals surface area contributed by atoms with E-state index in [0.29, 0.717) is 17.2 Å². The minimum atomic E-state index is -0.211. The van der Waals surface area contributed by atoms with Gasteiger partial charge >= 0.3 is 0 Å². The number of benzene rings is 1. The summed E-state index contributed by atoms with van der Waals surface area (Å²) >= 11 is 6.04. The second-order valence-corrected chi connectivity index (χ2v) is 7.28. The van der Waals surface area contributed by atoms with E-state index in [9.17, 15) is 10.1 Å². The Labute approximate surface area is 183 Å². The van der Waals surface area contributed by atoms with Crippen molar-refractivity contribution in [1.29, 1.82) is 5.26 Å². The number of aryl methyl sites for hydroxylation is 1. The van der Waals surface area contributed by atoms with Crippen LogP contribution >= 0.6 is 11.6 Å². The number of nitrogens with zero attached hydrogens (tertiary/aromatic N) is 5. The molecule has 154 valence electrons. The molecule has 0 amide bonds. The molecule has 0 bridgehead atoms. The van der Waals surface area contributed by atoms with Gasteiger partial charge in [0.15, 0.2) is 0 Å². The van der Waals surface area contributed by atoms with Crippen molar-refractivity contribution in [2.75, 3.05) is 10.6 Å². The predicted molar refractivity (Wildman–Crippen MR) is 121 cm³/mol. The zero-order valence-corrected chi connectivity index (χ0v) is 17.6. The van der Waals surface area contributed by atoms with Gasteiger partial charge in [0.05, 0.1) is 17.2 Å². The lowest BCUT2D eigenvalue weighted by Crippen LogP contribution is -2.19. The largest absolute Gasteiger partial charge is 0.375 e. The molecule has 4 aromatic rings. The molecule has 8 nitrogen and oxygen atoms in total. The summed E-state index contributed by atoms with van der Waals surface area (Å²) in [6.45, 7) is 1.93. The van der Waals surface area contributed by atoms with E-state index in [-0.39, 0.29) is 22.3 Å². The fourth-order valence-electron chi connectivity index (χ4n) is 3.29. The lowest BCUT2D eigenvalue weighted by atomic mass is 10.1. The second kappa shape index (κ2) is 8.42. The number of nitrogens with one attached hydrogen (secondary N) is 2. The molecular formula is C22H18ClN7O. The Morgan fingerprint density at radius 3 is 2.61 bits per heavy atom. The molecule has 2 N–H and O–H groups in total. The molecule has 0 aliphatic rings. The zero-order chi connectivity index (χ0) is 22.0. The number of hydrogen-bond donors (Lipinski definition) is 2. The highest BCUT2D eigenvalue weighted by molar-refractivity contribution is 6.31. The minimum Gasteiger partial charge on any atom is -0.375 e. The molecule has 9 heteroatoms. The SMILES string of the molecule is C[C@H](Nc1cc(=O)n(C)c2ccc(Nc3ccnc(Cl)c3C#N)cc12)c1ncccn1. The minimum absolute atomic E-state index is 0.134. The average Bonchev–Trinajstić information content (AvgIpc) is 2.78. The van der Waals surface area contributed by atoms with Crippen LogP contribution < -0.4 is 16.2 Å². The van der Waals surface area contributed by atoms with Crippen molar-refractivity contribution in [2.45, 2.75) is 13.0 Å². The molecule has 0 radical (unpaired) electrons. The molecule has 31 heavy (non-hydrogen) atoms. The third-order valence-corrected chi connectivity index (χ3v) is 5.17. The van der Waals surface area contributed by atoms with Gasteiger partial charge in [0.1, 0.15) is 22.6 Å². The standard InChI is InChI=1S/C22H18ClN7O/c1-13(22-26-7-3-8-27-22)28-18-11-20(31)30(2)19-5-4-14(10-15(18)19)29-17-6-9-25-21(23)16(17)12-24/h3-11,13,28H,1-2H3,(H,25,29)/t13-/m0/s1. The van der Waals surface area contributed by atoms with Crippen molar-refractivity contribution < 1.29 is 0 Å². The van der Waals surface area contributed by atoms with Crippen LogP contribution in [0.15, 0.2) is 59.8 Å². The van der Waals surface area contributed by atoms with Crippen LogP contribution in [0, 0.1) is 11.3 Å². The van der Waals surface area contributed by atoms with Crippen LogP contribution in [0.25, 0.3) is 10.9 Å². The van der Waals surface area contributed by atoms with Gasteiger partial charge in [-0.25, -0.2) is 15.0 Å². The number of halogens is 1. The Hall–Kier alpha value is -3.96. The van der Waals surface area contributed by atoms with Crippen molar-refractivity contribution >= 4 is 39.6 Å². The lowest BCUT2D eigenvalue weighted by Gasteiger charge is -2.18. The van der Waals surface area contributed by atoms with Gasteiger partial charge in [-0.15, -0.1) is 0 Å². The van der Waals surface area contributed by atoms with Crippen LogP contribution in [0.4, 0.5) is 17.1 Å². The number of anilines is 3. The van der Waals surface area contributed by atoms with Gasteiger partial charge < -0.3 is 15.2 Å². The molecule has 0 fully saturated rings. The van der Waals surface area contributed by atoms with Crippen LogP contribution in [-0.2, 0) is 7.05 Å². The van der Waals surface area contributed by atoms with Crippen LogP contribution in [-0.4, -0.2) is 19.5 Å². The first kappa shape index (κ1) is 20.3. The maximum atomic E-state index is 12.5. The molecule has 3 aromatic heterocycles. The molecule has 4 rings (SSSR count). The highest BCUT2D eigenvalue weighted by atomic mass is 35.5. The van der Waals surface area contributed by atoms with Crippen LogP contribution in [0.5, 0.6) is 0 Å². The third kappa shape index (κ3) is 4.04. The Kier molecular flexibility index (Phi) is 5.52. The van der Waals surface area contributed by atoms with Gasteiger partial charge in [0.2, 0.25) is 0 Å². The first-order valence-electron chi connectivity index (χ1n) is 9.47. The number of rotatable bonds is 5. The molecule has 1 aromatic carbocycles. The Balaban J connectivity index is 1.77. The van der Waals surface area contributed by atoms with E-state index in [2.05, 4.69) is 31.7 Å². The quantitative estimate of drug-likeness (QED) is 0.456. The van der Waals surface area contributed by atoms with Crippen LogP contribution in [0.1, 0.15) is 24.4 Å². The summed E-state index contributed by atoms with van der Waals surface area (Å²) in [7, 11) is 1.72. The molecule has 0 unspecified atom stereocenters. The molecule has 0 saturated heterocycles. The summed E-state index contributed by atoms with van der Waals surface area (Å²) in [5.74, 6) is 0.621. The maximum Gasteiger partial charge on any atom is 0.252 e. The fourth-order valence-corrected chi connectivity index (χ4v) is 3.49. The van der Waals surface area contributed by atoms with Crippen molar-refractivity contribution in [1.82, 2.24) is 19.5 Å². The maximum absolute atomic E-state index is 12.5. The van der Waals surface area contributed by atoms with E-state index in [1.165, 1.54) is 6.20 Å². The van der Waals surface area contributed by atoms with Crippen molar-refractivity contribution in [2.24, 2.45) is 7.05 Å². The normalized spacial score (nSPS) is 11.7. The third-order valence-electron chi connectivity index (χ3n) is 4.89. The van der Waals surface area contributed by atoms with Gasteiger partial charge in [0.25, 0.3) is 5.56 Å². The highest BCUT2D eigenvalue weighted by Gasteiger charge is 2.14. The van der Waals surface area contributed by atoms with Gasteiger partial charge in [-0.2, -0.15) is 5.26 Å². The number of aromatic nitrogens is 4. The van der Waals surface area contributed by atoms with Gasteiger partial charge in [-0.05, 0) is 37.3 Å². The molecule has 0 aliphatic carbocycles. The Bertz CT molecular complexity index is 1360. The fraction of sp³-hybridized carbons (Fsp3) is 0.136. The number of pyridine rings is 2. The Morgan fingerprint density at radius 2 is 1.87 bits per heavy atom. The van der Waals surface area contributed by atoms with Crippen LogP contribution in [0.3, 0.4) is 0 Å². The topological polar surface area (TPSA) is 109 Å². The van der Waals surface area contributed by atoms with Gasteiger partial charge in [-0.1, -0.05) is 11.6 Å². The number of nitriles is 1. The molecular weight excluding hydrogens is 414 g/mol. The summed E-state index contributed by atoms with van der Waals surface area (Å²) in [4.78, 5) is 25.0. The second-order valence-electron chi connectivity index (χ2n) is 6.92.